The van der Waals surface area contributed by atoms with Gasteiger partial charge in [-0.05, 0) is 32.8 Å². The Morgan fingerprint density at radius 1 is 1.47 bits per heavy atom. The van der Waals surface area contributed by atoms with Gasteiger partial charge in [-0.2, -0.15) is 0 Å². The Labute approximate surface area is 90.3 Å². The quantitative estimate of drug-likeness (QED) is 0.639. The van der Waals surface area contributed by atoms with Crippen LogP contribution in [-0.4, -0.2) is 10.4 Å². The third-order valence-electron chi connectivity index (χ3n) is 2.95. The van der Waals surface area contributed by atoms with Gasteiger partial charge in [0.1, 0.15) is 0 Å². The van der Waals surface area contributed by atoms with Crippen LogP contribution in [0.3, 0.4) is 0 Å². The van der Waals surface area contributed by atoms with Crippen LogP contribution in [-0.2, 0) is 13.0 Å². The molecule has 0 radical (unpaired) electrons. The fraction of sp³-hybridized carbons (Fsp3) is 0.462. The number of aromatic nitrogens is 1. The Bertz CT molecular complexity index is 457. The highest BCUT2D eigenvalue weighted by molar-refractivity contribution is 5.98. The lowest BCUT2D eigenvalue weighted by Crippen LogP contribution is -2.13. The normalized spacial score (nSPS) is 14.4. The molecule has 0 N–H and O–H groups in total. The summed E-state index contributed by atoms with van der Waals surface area (Å²) in [5.41, 5.74) is 3.26. The molecule has 1 aliphatic carbocycles. The van der Waals surface area contributed by atoms with E-state index in [0.717, 1.165) is 24.1 Å². The summed E-state index contributed by atoms with van der Waals surface area (Å²) in [6.07, 6.45) is 2.70. The predicted molar refractivity (Wildman–Crippen MR) is 59.9 cm³/mol. The van der Waals surface area contributed by atoms with Gasteiger partial charge in [0.2, 0.25) is 0 Å². The van der Waals surface area contributed by atoms with Gasteiger partial charge in [0.05, 0.1) is 6.54 Å². The Morgan fingerprint density at radius 2 is 2.27 bits per heavy atom. The van der Waals surface area contributed by atoms with Crippen molar-refractivity contribution in [3.8, 4) is 11.8 Å². The van der Waals surface area contributed by atoms with Crippen molar-refractivity contribution in [3.63, 3.8) is 0 Å². The molecule has 0 bridgehead atoms. The molecule has 0 aromatic carbocycles. The summed E-state index contributed by atoms with van der Waals surface area (Å²) in [6.45, 7) is 4.60. The van der Waals surface area contributed by atoms with E-state index in [4.69, 9.17) is 0 Å². The molecule has 2 rings (SSSR count). The van der Waals surface area contributed by atoms with Crippen molar-refractivity contribution in [2.24, 2.45) is 0 Å². The largest absolute Gasteiger partial charge is 0.337 e. The monoisotopic (exact) mass is 201 g/mol. The SMILES string of the molecule is CC#CCn1c(C)cc2c1CCCC2=O. The lowest BCUT2D eigenvalue weighted by molar-refractivity contribution is 0.0972. The molecule has 0 saturated carbocycles. The number of carbonyl (C=O) groups excluding carboxylic acids is 1. The number of Topliss-reactive ketones (excluding diaryl/α,β-unsaturated/α-hetero) is 1. The van der Waals surface area contributed by atoms with Crippen LogP contribution in [0.5, 0.6) is 0 Å². The number of ketones is 1. The third-order valence-corrected chi connectivity index (χ3v) is 2.95. The molecule has 0 atom stereocenters. The van der Waals surface area contributed by atoms with Gasteiger partial charge in [-0.25, -0.2) is 0 Å². The maximum Gasteiger partial charge on any atom is 0.164 e. The Balaban J connectivity index is 2.45. The highest BCUT2D eigenvalue weighted by atomic mass is 16.1. The predicted octanol–water partition coefficient (Wildman–Crippen LogP) is 2.34. The highest BCUT2D eigenvalue weighted by Crippen LogP contribution is 2.24. The van der Waals surface area contributed by atoms with Crippen LogP contribution in [0.15, 0.2) is 6.07 Å². The molecule has 0 spiro atoms. The standard InChI is InChI=1S/C13H15NO/c1-3-4-8-14-10(2)9-11-12(14)6-5-7-13(11)15/h9H,5-8H2,1-2H3. The van der Waals surface area contributed by atoms with Crippen molar-refractivity contribution in [1.82, 2.24) is 4.57 Å². The summed E-state index contributed by atoms with van der Waals surface area (Å²) in [5, 5.41) is 0. The van der Waals surface area contributed by atoms with Crippen LogP contribution in [0, 0.1) is 18.8 Å². The van der Waals surface area contributed by atoms with Crippen molar-refractivity contribution < 1.29 is 4.79 Å². The van der Waals surface area contributed by atoms with Crippen molar-refractivity contribution in [3.05, 3.63) is 23.0 Å². The van der Waals surface area contributed by atoms with E-state index >= 15 is 0 Å². The molecule has 0 aliphatic heterocycles. The first-order chi connectivity index (χ1) is 7.24. The van der Waals surface area contributed by atoms with Crippen LogP contribution in [0.25, 0.3) is 0 Å². The fourth-order valence-corrected chi connectivity index (χ4v) is 2.17. The van der Waals surface area contributed by atoms with E-state index in [2.05, 4.69) is 16.4 Å². The average molecular weight is 201 g/mol. The minimum Gasteiger partial charge on any atom is -0.337 e. The molecular formula is C13H15NO. The van der Waals surface area contributed by atoms with Gasteiger partial charge in [-0.3, -0.25) is 4.79 Å². The minimum atomic E-state index is 0.294. The van der Waals surface area contributed by atoms with Crippen molar-refractivity contribution in [2.75, 3.05) is 0 Å². The lowest BCUT2D eigenvalue weighted by Gasteiger charge is -2.13. The fourth-order valence-electron chi connectivity index (χ4n) is 2.17. The second-order valence-electron chi connectivity index (χ2n) is 3.94. The van der Waals surface area contributed by atoms with Crippen LogP contribution in [0.2, 0.25) is 0 Å². The van der Waals surface area contributed by atoms with Gasteiger partial charge in [-0.1, -0.05) is 5.92 Å². The maximum atomic E-state index is 11.7. The summed E-state index contributed by atoms with van der Waals surface area (Å²) < 4.78 is 2.17. The molecule has 0 fully saturated rings. The summed E-state index contributed by atoms with van der Waals surface area (Å²) in [4.78, 5) is 11.7. The molecule has 1 aliphatic rings. The molecule has 15 heavy (non-hydrogen) atoms. The topological polar surface area (TPSA) is 22.0 Å². The molecule has 1 aromatic heterocycles. The second kappa shape index (κ2) is 3.94. The molecule has 0 unspecified atom stereocenters. The van der Waals surface area contributed by atoms with E-state index in [9.17, 15) is 4.79 Å². The first-order valence-corrected chi connectivity index (χ1v) is 5.36. The zero-order valence-electron chi connectivity index (χ0n) is 9.26. The molecule has 78 valence electrons. The Kier molecular flexibility index (Phi) is 2.64. The summed E-state index contributed by atoms with van der Waals surface area (Å²) >= 11 is 0. The van der Waals surface area contributed by atoms with Crippen molar-refractivity contribution in [1.29, 1.82) is 0 Å². The summed E-state index contributed by atoms with van der Waals surface area (Å²) in [6, 6.07) is 2.01. The zero-order chi connectivity index (χ0) is 10.8. The number of carbonyl (C=O) groups is 1. The molecule has 1 aromatic rings. The average Bonchev–Trinajstić information content (AvgIpc) is 2.54. The molecule has 0 amide bonds. The minimum absolute atomic E-state index is 0.294. The van der Waals surface area contributed by atoms with Crippen LogP contribution < -0.4 is 0 Å². The van der Waals surface area contributed by atoms with Gasteiger partial charge >= 0.3 is 0 Å². The number of nitrogens with zero attached hydrogens (tertiary/aromatic N) is 1. The van der Waals surface area contributed by atoms with Crippen molar-refractivity contribution in [2.45, 2.75) is 39.7 Å². The number of fused-ring (bicyclic) bond motifs is 1. The van der Waals surface area contributed by atoms with Gasteiger partial charge < -0.3 is 4.57 Å². The maximum absolute atomic E-state index is 11.7. The van der Waals surface area contributed by atoms with Crippen molar-refractivity contribution >= 4 is 5.78 Å². The van der Waals surface area contributed by atoms with E-state index in [1.54, 1.807) is 0 Å². The summed E-state index contributed by atoms with van der Waals surface area (Å²) in [5.74, 6) is 6.25. The highest BCUT2D eigenvalue weighted by Gasteiger charge is 2.21. The van der Waals surface area contributed by atoms with Gasteiger partial charge in [0.15, 0.2) is 5.78 Å². The van der Waals surface area contributed by atoms with E-state index in [1.807, 2.05) is 19.9 Å². The van der Waals surface area contributed by atoms with E-state index in [0.29, 0.717) is 18.7 Å². The molecule has 1 heterocycles. The molecule has 2 heteroatoms. The van der Waals surface area contributed by atoms with Gasteiger partial charge in [0.25, 0.3) is 0 Å². The number of hydrogen-bond donors (Lipinski definition) is 0. The van der Waals surface area contributed by atoms with Crippen LogP contribution in [0.4, 0.5) is 0 Å². The Hall–Kier alpha value is -1.49. The van der Waals surface area contributed by atoms with Crippen LogP contribution >= 0.6 is 0 Å². The Morgan fingerprint density at radius 3 is 3.00 bits per heavy atom. The van der Waals surface area contributed by atoms with Gasteiger partial charge in [-0.15, -0.1) is 5.92 Å². The summed E-state index contributed by atoms with van der Waals surface area (Å²) in [7, 11) is 0. The molecule has 2 nitrogen and oxygen atoms in total. The second-order valence-corrected chi connectivity index (χ2v) is 3.94. The zero-order valence-corrected chi connectivity index (χ0v) is 9.26. The number of aryl methyl sites for hydroxylation is 1. The smallest absolute Gasteiger partial charge is 0.164 e. The van der Waals surface area contributed by atoms with Gasteiger partial charge in [0, 0.05) is 23.4 Å². The third kappa shape index (κ3) is 1.70. The van der Waals surface area contributed by atoms with E-state index in [-0.39, 0.29) is 0 Å². The number of hydrogen-bond acceptors (Lipinski definition) is 1. The molecule has 0 saturated heterocycles. The molecular weight excluding hydrogens is 186 g/mol. The first-order valence-electron chi connectivity index (χ1n) is 5.36. The van der Waals surface area contributed by atoms with E-state index in [1.165, 1.54) is 5.69 Å². The lowest BCUT2D eigenvalue weighted by atomic mass is 9.97. The number of rotatable bonds is 1. The van der Waals surface area contributed by atoms with Crippen LogP contribution in [0.1, 0.15) is 41.5 Å². The first kappa shape index (κ1) is 10.0. The van der Waals surface area contributed by atoms with E-state index < -0.39 is 0 Å².